The van der Waals surface area contributed by atoms with E-state index in [4.69, 9.17) is 0 Å². The van der Waals surface area contributed by atoms with Crippen LogP contribution >= 0.6 is 0 Å². The first-order valence-electron chi connectivity index (χ1n) is 4.83. The van der Waals surface area contributed by atoms with Crippen molar-refractivity contribution < 1.29 is 4.79 Å². The number of hydrogen-bond acceptors (Lipinski definition) is 1. The van der Waals surface area contributed by atoms with Gasteiger partial charge in [0.2, 0.25) is 0 Å². The van der Waals surface area contributed by atoms with Gasteiger partial charge in [0.1, 0.15) is 0 Å². The summed E-state index contributed by atoms with van der Waals surface area (Å²) in [5.74, 6) is 0. The standard InChI is InChI=1S/C10H17N3O/c1-3-12(2)10(14)11-6-9-13-7-4-5-8-13/h4-5,7-8H,3,6,9H2,1-2H3,(H,11,14). The Kier molecular flexibility index (Phi) is 4.04. The molecule has 0 saturated heterocycles. The number of hydrogen-bond donors (Lipinski definition) is 1. The molecule has 4 nitrogen and oxygen atoms in total. The Morgan fingerprint density at radius 3 is 2.64 bits per heavy atom. The molecule has 0 unspecified atom stereocenters. The van der Waals surface area contributed by atoms with E-state index in [1.54, 1.807) is 11.9 Å². The summed E-state index contributed by atoms with van der Waals surface area (Å²) in [6.07, 6.45) is 3.96. The molecule has 2 amide bonds. The lowest BCUT2D eigenvalue weighted by Gasteiger charge is -2.15. The smallest absolute Gasteiger partial charge is 0.317 e. The fourth-order valence-corrected chi connectivity index (χ4v) is 1.09. The monoisotopic (exact) mass is 195 g/mol. The number of urea groups is 1. The number of aromatic nitrogens is 1. The van der Waals surface area contributed by atoms with Gasteiger partial charge in [-0.15, -0.1) is 0 Å². The van der Waals surface area contributed by atoms with E-state index >= 15 is 0 Å². The Balaban J connectivity index is 2.18. The molecular formula is C10H17N3O. The van der Waals surface area contributed by atoms with Crippen LogP contribution in [0.1, 0.15) is 6.92 Å². The van der Waals surface area contributed by atoms with Gasteiger partial charge in [0.15, 0.2) is 0 Å². The van der Waals surface area contributed by atoms with Gasteiger partial charge in [-0.2, -0.15) is 0 Å². The second-order valence-corrected chi connectivity index (χ2v) is 3.17. The van der Waals surface area contributed by atoms with Crippen molar-refractivity contribution in [3.8, 4) is 0 Å². The Labute approximate surface area is 84.5 Å². The van der Waals surface area contributed by atoms with Crippen molar-refractivity contribution in [2.75, 3.05) is 20.1 Å². The maximum Gasteiger partial charge on any atom is 0.317 e. The highest BCUT2D eigenvalue weighted by Crippen LogP contribution is 1.88. The molecule has 1 aromatic rings. The second-order valence-electron chi connectivity index (χ2n) is 3.17. The first-order chi connectivity index (χ1) is 6.74. The molecule has 0 spiro atoms. The lowest BCUT2D eigenvalue weighted by Crippen LogP contribution is -2.38. The molecule has 14 heavy (non-hydrogen) atoms. The lowest BCUT2D eigenvalue weighted by molar-refractivity contribution is 0.210. The SMILES string of the molecule is CCN(C)C(=O)NCCn1cccc1. The predicted molar refractivity (Wildman–Crippen MR) is 56.1 cm³/mol. The normalized spacial score (nSPS) is 9.86. The summed E-state index contributed by atoms with van der Waals surface area (Å²) in [5, 5.41) is 2.84. The summed E-state index contributed by atoms with van der Waals surface area (Å²) in [4.78, 5) is 13.0. The highest BCUT2D eigenvalue weighted by Gasteiger charge is 2.03. The van der Waals surface area contributed by atoms with Crippen LogP contribution in [0.3, 0.4) is 0 Å². The minimum Gasteiger partial charge on any atom is -0.353 e. The van der Waals surface area contributed by atoms with Crippen LogP contribution in [0.25, 0.3) is 0 Å². The Morgan fingerprint density at radius 1 is 1.43 bits per heavy atom. The van der Waals surface area contributed by atoms with Gasteiger partial charge in [-0.1, -0.05) is 0 Å². The van der Waals surface area contributed by atoms with Crippen molar-refractivity contribution in [3.63, 3.8) is 0 Å². The molecule has 1 aromatic heterocycles. The number of carbonyl (C=O) groups is 1. The van der Waals surface area contributed by atoms with E-state index in [0.29, 0.717) is 6.54 Å². The third-order valence-electron chi connectivity index (χ3n) is 2.13. The van der Waals surface area contributed by atoms with Crippen LogP contribution in [0.2, 0.25) is 0 Å². The molecule has 0 aliphatic carbocycles. The molecule has 0 atom stereocenters. The van der Waals surface area contributed by atoms with Crippen LogP contribution in [0.5, 0.6) is 0 Å². The molecule has 1 N–H and O–H groups in total. The van der Waals surface area contributed by atoms with Crippen molar-refractivity contribution in [2.24, 2.45) is 0 Å². The zero-order valence-electron chi connectivity index (χ0n) is 8.73. The van der Waals surface area contributed by atoms with Gasteiger partial charge in [-0.05, 0) is 19.1 Å². The van der Waals surface area contributed by atoms with Gasteiger partial charge in [-0.3, -0.25) is 0 Å². The van der Waals surface area contributed by atoms with Crippen molar-refractivity contribution in [3.05, 3.63) is 24.5 Å². The Bertz CT molecular complexity index is 269. The van der Waals surface area contributed by atoms with E-state index in [9.17, 15) is 4.79 Å². The minimum atomic E-state index is -0.0142. The molecule has 0 bridgehead atoms. The fourth-order valence-electron chi connectivity index (χ4n) is 1.09. The molecule has 0 radical (unpaired) electrons. The van der Waals surface area contributed by atoms with Crippen molar-refractivity contribution in [1.82, 2.24) is 14.8 Å². The second kappa shape index (κ2) is 5.32. The third kappa shape index (κ3) is 3.12. The van der Waals surface area contributed by atoms with E-state index in [1.165, 1.54) is 0 Å². The van der Waals surface area contributed by atoms with Crippen LogP contribution in [-0.2, 0) is 6.54 Å². The highest BCUT2D eigenvalue weighted by molar-refractivity contribution is 5.73. The molecule has 0 fully saturated rings. The minimum absolute atomic E-state index is 0.0142. The van der Waals surface area contributed by atoms with E-state index in [0.717, 1.165) is 13.1 Å². The molecular weight excluding hydrogens is 178 g/mol. The summed E-state index contributed by atoms with van der Waals surface area (Å²) < 4.78 is 2.03. The zero-order valence-corrected chi connectivity index (χ0v) is 8.73. The third-order valence-corrected chi connectivity index (χ3v) is 2.13. The maximum atomic E-state index is 11.3. The first kappa shape index (κ1) is 10.6. The van der Waals surface area contributed by atoms with Crippen molar-refractivity contribution >= 4 is 6.03 Å². The topological polar surface area (TPSA) is 37.3 Å². The van der Waals surface area contributed by atoms with Crippen molar-refractivity contribution in [2.45, 2.75) is 13.5 Å². The number of carbonyl (C=O) groups excluding carboxylic acids is 1. The van der Waals surface area contributed by atoms with Crippen LogP contribution in [-0.4, -0.2) is 35.6 Å². The van der Waals surface area contributed by atoms with E-state index in [-0.39, 0.29) is 6.03 Å². The summed E-state index contributed by atoms with van der Waals surface area (Å²) >= 11 is 0. The van der Waals surface area contributed by atoms with E-state index < -0.39 is 0 Å². The van der Waals surface area contributed by atoms with Crippen LogP contribution < -0.4 is 5.32 Å². The quantitative estimate of drug-likeness (QED) is 0.768. The Morgan fingerprint density at radius 2 is 2.07 bits per heavy atom. The Hall–Kier alpha value is -1.45. The molecule has 0 aliphatic heterocycles. The fraction of sp³-hybridized carbons (Fsp3) is 0.500. The maximum absolute atomic E-state index is 11.3. The number of rotatable bonds is 4. The molecule has 4 heteroatoms. The largest absolute Gasteiger partial charge is 0.353 e. The average Bonchev–Trinajstić information content (AvgIpc) is 2.69. The van der Waals surface area contributed by atoms with E-state index in [1.807, 2.05) is 36.0 Å². The summed E-state index contributed by atoms with van der Waals surface area (Å²) in [7, 11) is 1.78. The molecule has 1 heterocycles. The zero-order chi connectivity index (χ0) is 10.4. The van der Waals surface area contributed by atoms with Crippen LogP contribution in [0, 0.1) is 0 Å². The summed E-state index contributed by atoms with van der Waals surface area (Å²) in [5.41, 5.74) is 0. The van der Waals surface area contributed by atoms with Gasteiger partial charge in [-0.25, -0.2) is 4.79 Å². The highest BCUT2D eigenvalue weighted by atomic mass is 16.2. The number of nitrogens with one attached hydrogen (secondary N) is 1. The molecule has 0 aromatic carbocycles. The first-order valence-corrected chi connectivity index (χ1v) is 4.83. The van der Waals surface area contributed by atoms with Gasteiger partial charge >= 0.3 is 6.03 Å². The molecule has 0 aliphatic rings. The molecule has 0 saturated carbocycles. The molecule has 1 rings (SSSR count). The van der Waals surface area contributed by atoms with Gasteiger partial charge in [0, 0.05) is 39.1 Å². The van der Waals surface area contributed by atoms with Crippen LogP contribution in [0.4, 0.5) is 4.79 Å². The average molecular weight is 195 g/mol. The predicted octanol–water partition coefficient (Wildman–Crippen LogP) is 1.15. The van der Waals surface area contributed by atoms with Gasteiger partial charge in [0.05, 0.1) is 0 Å². The summed E-state index contributed by atoms with van der Waals surface area (Å²) in [6.45, 7) is 4.16. The van der Waals surface area contributed by atoms with Crippen LogP contribution in [0.15, 0.2) is 24.5 Å². The molecule has 78 valence electrons. The number of nitrogens with zero attached hydrogens (tertiary/aromatic N) is 2. The summed E-state index contributed by atoms with van der Waals surface area (Å²) in [6, 6.07) is 3.93. The lowest BCUT2D eigenvalue weighted by atomic mass is 10.5. The van der Waals surface area contributed by atoms with E-state index in [2.05, 4.69) is 5.32 Å². The van der Waals surface area contributed by atoms with Crippen molar-refractivity contribution in [1.29, 1.82) is 0 Å². The van der Waals surface area contributed by atoms with Gasteiger partial charge < -0.3 is 14.8 Å². The number of amides is 2. The van der Waals surface area contributed by atoms with Gasteiger partial charge in [0.25, 0.3) is 0 Å².